The summed E-state index contributed by atoms with van der Waals surface area (Å²) in [5.74, 6) is -1.08. The molecule has 3 N–H and O–H groups in total. The smallest absolute Gasteiger partial charge is 0.323 e. The van der Waals surface area contributed by atoms with Crippen molar-refractivity contribution in [2.45, 2.75) is 6.54 Å². The van der Waals surface area contributed by atoms with Gasteiger partial charge in [0.2, 0.25) is 5.78 Å². The molecular weight excluding hydrogens is 510 g/mol. The van der Waals surface area contributed by atoms with Crippen molar-refractivity contribution in [2.75, 3.05) is 6.61 Å². The highest BCUT2D eigenvalue weighted by Crippen LogP contribution is 2.31. The fourth-order valence-corrected chi connectivity index (χ4v) is 4.34. The van der Waals surface area contributed by atoms with Gasteiger partial charge in [0.15, 0.2) is 6.61 Å². The molecule has 9 nitrogen and oxygen atoms in total. The molecule has 1 amide bonds. The van der Waals surface area contributed by atoms with Gasteiger partial charge in [-0.3, -0.25) is 19.4 Å². The summed E-state index contributed by atoms with van der Waals surface area (Å²) in [6.07, 6.45) is 4.64. The van der Waals surface area contributed by atoms with Gasteiger partial charge in [0.05, 0.1) is 17.3 Å². The first-order valence-corrected chi connectivity index (χ1v) is 11.8. The number of rotatable bonds is 9. The lowest BCUT2D eigenvalue weighted by atomic mass is 10.1. The van der Waals surface area contributed by atoms with Crippen LogP contribution in [0.5, 0.6) is 17.2 Å². The molecule has 0 unspecified atom stereocenters. The van der Waals surface area contributed by atoms with E-state index in [0.717, 1.165) is 5.39 Å². The number of ketones is 1. The maximum atomic E-state index is 13.2. The topological polar surface area (TPSA) is 134 Å². The Morgan fingerprint density at radius 1 is 0.974 bits per heavy atom. The molecule has 38 heavy (non-hydrogen) atoms. The molecule has 0 radical (unpaired) electrons. The van der Waals surface area contributed by atoms with Gasteiger partial charge in [0, 0.05) is 34.4 Å². The van der Waals surface area contributed by atoms with Crippen LogP contribution in [0.4, 0.5) is 0 Å². The van der Waals surface area contributed by atoms with Gasteiger partial charge in [-0.25, -0.2) is 0 Å². The predicted octanol–water partition coefficient (Wildman–Crippen LogP) is 5.08. The molecule has 10 heteroatoms. The van der Waals surface area contributed by atoms with Crippen LogP contribution in [0, 0.1) is 0 Å². The highest BCUT2D eigenvalue weighted by molar-refractivity contribution is 6.31. The number of aliphatic carboxylic acids is 1. The number of carboxylic acids is 1. The van der Waals surface area contributed by atoms with Gasteiger partial charge in [-0.1, -0.05) is 17.7 Å². The van der Waals surface area contributed by atoms with Crippen LogP contribution in [0.2, 0.25) is 5.02 Å². The zero-order valence-electron chi connectivity index (χ0n) is 19.8. The number of pyridine rings is 1. The minimum absolute atomic E-state index is 0.109. The molecule has 0 spiro atoms. The van der Waals surface area contributed by atoms with Crippen molar-refractivity contribution < 1.29 is 29.0 Å². The second-order valence-electron chi connectivity index (χ2n) is 8.45. The molecular formula is C28H20ClN3O6. The largest absolute Gasteiger partial charge is 0.485 e. The molecule has 0 aliphatic rings. The summed E-state index contributed by atoms with van der Waals surface area (Å²) in [6, 6.07) is 16.8. The summed E-state index contributed by atoms with van der Waals surface area (Å²) < 4.78 is 13.0. The van der Waals surface area contributed by atoms with Gasteiger partial charge in [-0.2, -0.15) is 0 Å². The second-order valence-corrected chi connectivity index (χ2v) is 8.89. The first-order chi connectivity index (χ1) is 18.3. The van der Waals surface area contributed by atoms with Gasteiger partial charge in [0.1, 0.15) is 23.8 Å². The number of nitrogens with zero attached hydrogens (tertiary/aromatic N) is 2. The van der Waals surface area contributed by atoms with E-state index in [-0.39, 0.29) is 23.4 Å². The van der Waals surface area contributed by atoms with Gasteiger partial charge >= 0.3 is 5.97 Å². The standard InChI is InChI=1S/C28H20ClN3O6/c29-18-4-3-16-10-26(22(28(30)36)9-17(16)8-18)37-15-25(33)23-13-32(14-27(34)35)24-11-19(5-6-21(23)24)38-20-2-1-7-31-12-20/h1-13H,14-15H2,(H2,30,36)(H,34,35). The second kappa shape index (κ2) is 10.2. The number of primary amides is 1. The van der Waals surface area contributed by atoms with E-state index in [4.69, 9.17) is 26.8 Å². The lowest BCUT2D eigenvalue weighted by Gasteiger charge is -2.11. The molecule has 3 aromatic carbocycles. The van der Waals surface area contributed by atoms with Gasteiger partial charge < -0.3 is 24.9 Å². The Morgan fingerprint density at radius 2 is 1.82 bits per heavy atom. The number of amides is 1. The number of hydrogen-bond donors (Lipinski definition) is 2. The Morgan fingerprint density at radius 3 is 2.55 bits per heavy atom. The number of ether oxygens (including phenoxy) is 2. The normalized spacial score (nSPS) is 11.0. The number of carbonyl (C=O) groups excluding carboxylic acids is 2. The molecule has 0 saturated carbocycles. The van der Waals surface area contributed by atoms with Gasteiger partial charge in [-0.15, -0.1) is 0 Å². The van der Waals surface area contributed by atoms with Crippen molar-refractivity contribution in [2.24, 2.45) is 5.73 Å². The number of benzene rings is 3. The van der Waals surface area contributed by atoms with E-state index in [1.165, 1.54) is 10.8 Å². The number of carboxylic acid groups (broad SMARTS) is 1. The number of fused-ring (bicyclic) bond motifs is 2. The molecule has 5 rings (SSSR count). The highest BCUT2D eigenvalue weighted by Gasteiger charge is 2.19. The van der Waals surface area contributed by atoms with Crippen LogP contribution in [0.15, 0.2) is 79.3 Å². The van der Waals surface area contributed by atoms with Crippen LogP contribution in [-0.4, -0.2) is 38.9 Å². The fraction of sp³-hybridized carbons (Fsp3) is 0.0714. The van der Waals surface area contributed by atoms with Crippen molar-refractivity contribution >= 4 is 50.9 Å². The van der Waals surface area contributed by atoms with E-state index in [9.17, 15) is 19.5 Å². The van der Waals surface area contributed by atoms with Crippen LogP contribution in [0.3, 0.4) is 0 Å². The molecule has 5 aromatic rings. The summed E-state index contributed by atoms with van der Waals surface area (Å²) in [7, 11) is 0. The molecule has 0 bridgehead atoms. The Kier molecular flexibility index (Phi) is 6.68. The number of Topliss-reactive ketones (excluding diaryl/α,β-unsaturated/α-hetero) is 1. The van der Waals surface area contributed by atoms with Crippen molar-refractivity contribution in [3.63, 3.8) is 0 Å². The molecule has 2 aromatic heterocycles. The minimum atomic E-state index is -1.07. The average Bonchev–Trinajstić information content (AvgIpc) is 3.24. The monoisotopic (exact) mass is 529 g/mol. The van der Waals surface area contributed by atoms with Crippen LogP contribution in [0.1, 0.15) is 20.7 Å². The third kappa shape index (κ3) is 5.14. The first kappa shape index (κ1) is 24.8. The maximum Gasteiger partial charge on any atom is 0.323 e. The molecule has 0 saturated heterocycles. The van der Waals surface area contributed by atoms with E-state index in [0.29, 0.717) is 32.8 Å². The van der Waals surface area contributed by atoms with E-state index < -0.39 is 24.3 Å². The van der Waals surface area contributed by atoms with E-state index in [1.54, 1.807) is 73.1 Å². The number of aromatic nitrogens is 2. The lowest BCUT2D eigenvalue weighted by Crippen LogP contribution is -2.16. The van der Waals surface area contributed by atoms with Crippen molar-refractivity contribution in [1.29, 1.82) is 0 Å². The summed E-state index contributed by atoms with van der Waals surface area (Å²) >= 11 is 6.05. The Bertz CT molecular complexity index is 1710. The van der Waals surface area contributed by atoms with Crippen molar-refractivity contribution in [3.05, 3.63) is 95.4 Å². The number of carbonyl (C=O) groups is 3. The summed E-state index contributed by atoms with van der Waals surface area (Å²) in [5.41, 5.74) is 6.42. The van der Waals surface area contributed by atoms with E-state index in [2.05, 4.69) is 4.98 Å². The highest BCUT2D eigenvalue weighted by atomic mass is 35.5. The first-order valence-electron chi connectivity index (χ1n) is 11.4. The lowest BCUT2D eigenvalue weighted by molar-refractivity contribution is -0.137. The van der Waals surface area contributed by atoms with E-state index >= 15 is 0 Å². The molecule has 0 aliphatic carbocycles. The zero-order chi connectivity index (χ0) is 26.8. The Hall–Kier alpha value is -4.89. The van der Waals surface area contributed by atoms with Crippen LogP contribution < -0.4 is 15.2 Å². The number of halogens is 1. The third-order valence-electron chi connectivity index (χ3n) is 5.85. The van der Waals surface area contributed by atoms with Crippen LogP contribution >= 0.6 is 11.6 Å². The summed E-state index contributed by atoms with van der Waals surface area (Å²) in [6.45, 7) is -0.764. The Balaban J connectivity index is 1.45. The summed E-state index contributed by atoms with van der Waals surface area (Å²) in [4.78, 5) is 40.8. The molecule has 0 aliphatic heterocycles. The van der Waals surface area contributed by atoms with Crippen LogP contribution in [0.25, 0.3) is 21.7 Å². The van der Waals surface area contributed by atoms with Gasteiger partial charge in [0.25, 0.3) is 5.91 Å². The maximum absolute atomic E-state index is 13.2. The summed E-state index contributed by atoms with van der Waals surface area (Å²) in [5, 5.41) is 11.9. The minimum Gasteiger partial charge on any atom is -0.485 e. The quantitative estimate of drug-likeness (QED) is 0.254. The third-order valence-corrected chi connectivity index (χ3v) is 6.09. The fourth-order valence-electron chi connectivity index (χ4n) is 4.16. The van der Waals surface area contributed by atoms with Crippen LogP contribution in [-0.2, 0) is 11.3 Å². The Labute approximate surface area is 221 Å². The molecule has 0 atom stereocenters. The predicted molar refractivity (Wildman–Crippen MR) is 141 cm³/mol. The van der Waals surface area contributed by atoms with Gasteiger partial charge in [-0.05, 0) is 59.3 Å². The molecule has 2 heterocycles. The molecule has 0 fully saturated rings. The average molecular weight is 530 g/mol. The molecule has 190 valence electrons. The van der Waals surface area contributed by atoms with Crippen molar-refractivity contribution in [3.8, 4) is 17.2 Å². The van der Waals surface area contributed by atoms with Crippen molar-refractivity contribution in [1.82, 2.24) is 9.55 Å². The number of nitrogens with two attached hydrogens (primary N) is 1. The van der Waals surface area contributed by atoms with E-state index in [1.807, 2.05) is 0 Å². The zero-order valence-corrected chi connectivity index (χ0v) is 20.5. The number of hydrogen-bond acceptors (Lipinski definition) is 6. The SMILES string of the molecule is NC(=O)c1cc2cc(Cl)ccc2cc1OCC(=O)c1cn(CC(=O)O)c2cc(Oc3cccnc3)ccc12.